The van der Waals surface area contributed by atoms with Crippen molar-refractivity contribution in [2.45, 2.75) is 6.54 Å². The number of ether oxygens (including phenoxy) is 1. The lowest BCUT2D eigenvalue weighted by molar-refractivity contribution is -0.141. The minimum atomic E-state index is -0.532. The van der Waals surface area contributed by atoms with Crippen LogP contribution in [-0.2, 0) is 16.1 Å². The van der Waals surface area contributed by atoms with E-state index in [-0.39, 0.29) is 29.4 Å². The highest BCUT2D eigenvalue weighted by Gasteiger charge is 2.33. The van der Waals surface area contributed by atoms with Crippen molar-refractivity contribution in [3.05, 3.63) is 52.8 Å². The van der Waals surface area contributed by atoms with Crippen molar-refractivity contribution in [3.63, 3.8) is 0 Å². The van der Waals surface area contributed by atoms with Crippen molar-refractivity contribution in [3.8, 4) is 0 Å². The van der Waals surface area contributed by atoms with Crippen LogP contribution >= 0.6 is 0 Å². The number of hydrogen-bond donors (Lipinski definition) is 0. The monoisotopic (exact) mass is 270 g/mol. The highest BCUT2D eigenvalue weighted by Crippen LogP contribution is 2.26. The molecule has 0 aliphatic heterocycles. The van der Waals surface area contributed by atoms with Crippen LogP contribution in [0.15, 0.2) is 30.5 Å². The quantitative estimate of drug-likeness (QED) is 0.644. The minimum absolute atomic E-state index is 0.138. The van der Waals surface area contributed by atoms with Gasteiger partial charge in [-0.2, -0.15) is 5.10 Å². The van der Waals surface area contributed by atoms with Crippen molar-refractivity contribution in [2.75, 3.05) is 7.11 Å². The second-order valence-electron chi connectivity index (χ2n) is 4.34. The lowest BCUT2D eigenvalue weighted by atomic mass is 9.88. The highest BCUT2D eigenvalue weighted by molar-refractivity contribution is 6.27. The number of fused-ring (bicyclic) bond motifs is 2. The average molecular weight is 270 g/mol. The van der Waals surface area contributed by atoms with Crippen LogP contribution in [0, 0.1) is 0 Å². The predicted octanol–water partition coefficient (Wildman–Crippen LogP) is 0.831. The Hall–Kier alpha value is -2.76. The fourth-order valence-electron chi connectivity index (χ4n) is 2.25. The molecule has 1 aromatic heterocycles. The number of esters is 1. The van der Waals surface area contributed by atoms with Gasteiger partial charge in [-0.1, -0.05) is 24.3 Å². The molecule has 1 heterocycles. The summed E-state index contributed by atoms with van der Waals surface area (Å²) in [5.74, 6) is -1.10. The van der Waals surface area contributed by atoms with E-state index in [0.29, 0.717) is 11.1 Å². The van der Waals surface area contributed by atoms with E-state index in [2.05, 4.69) is 9.84 Å². The molecule has 6 nitrogen and oxygen atoms in total. The molecule has 1 aromatic carbocycles. The molecule has 0 bridgehead atoms. The summed E-state index contributed by atoms with van der Waals surface area (Å²) >= 11 is 0. The second-order valence-corrected chi connectivity index (χ2v) is 4.34. The maximum Gasteiger partial charge on any atom is 0.327 e. The van der Waals surface area contributed by atoms with E-state index < -0.39 is 5.97 Å². The molecule has 1 aliphatic carbocycles. The molecule has 0 spiro atoms. The molecule has 100 valence electrons. The molecule has 0 saturated carbocycles. The van der Waals surface area contributed by atoms with E-state index in [1.807, 2.05) is 0 Å². The zero-order valence-electron chi connectivity index (χ0n) is 10.6. The summed E-state index contributed by atoms with van der Waals surface area (Å²) in [7, 11) is 1.25. The molecule has 0 N–H and O–H groups in total. The predicted molar refractivity (Wildman–Crippen MR) is 67.6 cm³/mol. The Morgan fingerprint density at radius 1 is 1.15 bits per heavy atom. The fourth-order valence-corrected chi connectivity index (χ4v) is 2.25. The summed E-state index contributed by atoms with van der Waals surface area (Å²) in [6.45, 7) is -0.201. The molecule has 2 aromatic rings. The molecule has 0 saturated heterocycles. The van der Waals surface area contributed by atoms with E-state index in [1.54, 1.807) is 24.3 Å². The van der Waals surface area contributed by atoms with Crippen molar-refractivity contribution in [2.24, 2.45) is 0 Å². The van der Waals surface area contributed by atoms with Crippen LogP contribution < -0.4 is 0 Å². The maximum atomic E-state index is 12.4. The van der Waals surface area contributed by atoms with Crippen molar-refractivity contribution >= 4 is 17.5 Å². The third-order valence-corrected chi connectivity index (χ3v) is 3.22. The van der Waals surface area contributed by atoms with Gasteiger partial charge in [0.15, 0.2) is 5.78 Å². The van der Waals surface area contributed by atoms with Crippen molar-refractivity contribution < 1.29 is 19.1 Å². The van der Waals surface area contributed by atoms with Crippen LogP contribution in [0.25, 0.3) is 0 Å². The van der Waals surface area contributed by atoms with Crippen LogP contribution in [0.5, 0.6) is 0 Å². The average Bonchev–Trinajstić information content (AvgIpc) is 2.88. The number of hydrogen-bond acceptors (Lipinski definition) is 5. The fraction of sp³-hybridized carbons (Fsp3) is 0.143. The smallest absolute Gasteiger partial charge is 0.327 e. The van der Waals surface area contributed by atoms with Gasteiger partial charge in [-0.05, 0) is 0 Å². The minimum Gasteiger partial charge on any atom is -0.468 e. The number of rotatable bonds is 2. The third kappa shape index (κ3) is 1.65. The Kier molecular flexibility index (Phi) is 2.71. The zero-order chi connectivity index (χ0) is 14.3. The molecular weight excluding hydrogens is 260 g/mol. The Morgan fingerprint density at radius 3 is 2.45 bits per heavy atom. The summed E-state index contributed by atoms with van der Waals surface area (Å²) in [4.78, 5) is 36.1. The molecule has 0 amide bonds. The van der Waals surface area contributed by atoms with Gasteiger partial charge in [-0.25, -0.2) is 4.68 Å². The topological polar surface area (TPSA) is 78.3 Å². The number of carbonyl (C=O) groups excluding carboxylic acids is 3. The Balaban J connectivity index is 2.13. The Labute approximate surface area is 114 Å². The first-order valence-corrected chi connectivity index (χ1v) is 5.94. The van der Waals surface area contributed by atoms with Crippen LogP contribution in [0.4, 0.5) is 0 Å². The number of aromatic nitrogens is 2. The molecule has 1 aliphatic rings. The van der Waals surface area contributed by atoms with E-state index in [9.17, 15) is 14.4 Å². The number of nitrogens with zero attached hydrogens (tertiary/aromatic N) is 2. The molecule has 0 fully saturated rings. The molecule has 0 unspecified atom stereocenters. The second kappa shape index (κ2) is 4.41. The van der Waals surface area contributed by atoms with E-state index in [4.69, 9.17) is 0 Å². The first kappa shape index (κ1) is 12.3. The molecule has 0 atom stereocenters. The number of carbonyl (C=O) groups is 3. The SMILES string of the molecule is COC(=O)Cn1ncc2c1C(=O)c1ccccc1C2=O. The Morgan fingerprint density at radius 2 is 1.80 bits per heavy atom. The molecule has 3 rings (SSSR count). The van der Waals surface area contributed by atoms with Gasteiger partial charge in [0.25, 0.3) is 0 Å². The van der Waals surface area contributed by atoms with Gasteiger partial charge in [0.1, 0.15) is 12.2 Å². The van der Waals surface area contributed by atoms with Gasteiger partial charge in [-0.3, -0.25) is 14.4 Å². The standard InChI is InChI=1S/C14H10N2O4/c1-20-11(17)7-16-12-10(6-15-16)13(18)8-4-2-3-5-9(8)14(12)19/h2-6H,7H2,1H3. The van der Waals surface area contributed by atoms with Gasteiger partial charge < -0.3 is 4.74 Å². The van der Waals surface area contributed by atoms with Crippen molar-refractivity contribution in [1.82, 2.24) is 9.78 Å². The summed E-state index contributed by atoms with van der Waals surface area (Å²) in [5, 5.41) is 3.94. The molecule has 0 radical (unpaired) electrons. The van der Waals surface area contributed by atoms with Crippen LogP contribution in [0.3, 0.4) is 0 Å². The van der Waals surface area contributed by atoms with Gasteiger partial charge in [0, 0.05) is 11.1 Å². The molecule has 20 heavy (non-hydrogen) atoms. The van der Waals surface area contributed by atoms with E-state index in [1.165, 1.54) is 18.0 Å². The first-order chi connectivity index (χ1) is 9.63. The summed E-state index contributed by atoms with van der Waals surface area (Å²) in [5.41, 5.74) is 1.05. The van der Waals surface area contributed by atoms with Gasteiger partial charge >= 0.3 is 5.97 Å². The lowest BCUT2D eigenvalue weighted by Gasteiger charge is -2.15. The maximum absolute atomic E-state index is 12.4. The number of ketones is 2. The normalized spacial score (nSPS) is 12.8. The Bertz CT molecular complexity index is 745. The van der Waals surface area contributed by atoms with Crippen LogP contribution in [0.2, 0.25) is 0 Å². The summed E-state index contributed by atoms with van der Waals surface area (Å²) in [6, 6.07) is 6.59. The third-order valence-electron chi connectivity index (χ3n) is 3.22. The lowest BCUT2D eigenvalue weighted by Crippen LogP contribution is -2.25. The van der Waals surface area contributed by atoms with Gasteiger partial charge in [0.2, 0.25) is 5.78 Å². The summed E-state index contributed by atoms with van der Waals surface area (Å²) in [6.07, 6.45) is 1.31. The van der Waals surface area contributed by atoms with E-state index >= 15 is 0 Å². The van der Waals surface area contributed by atoms with Crippen LogP contribution in [-0.4, -0.2) is 34.4 Å². The number of methoxy groups -OCH3 is 1. The molecule has 6 heteroatoms. The largest absolute Gasteiger partial charge is 0.468 e. The summed E-state index contributed by atoms with van der Waals surface area (Å²) < 4.78 is 5.76. The van der Waals surface area contributed by atoms with Crippen molar-refractivity contribution in [1.29, 1.82) is 0 Å². The van der Waals surface area contributed by atoms with Gasteiger partial charge in [-0.15, -0.1) is 0 Å². The first-order valence-electron chi connectivity index (χ1n) is 5.94. The zero-order valence-corrected chi connectivity index (χ0v) is 10.6. The van der Waals surface area contributed by atoms with Crippen LogP contribution in [0.1, 0.15) is 32.0 Å². The number of benzene rings is 1. The molecular formula is C14H10N2O4. The van der Waals surface area contributed by atoms with E-state index in [0.717, 1.165) is 0 Å². The highest BCUT2D eigenvalue weighted by atomic mass is 16.5. The van der Waals surface area contributed by atoms with Gasteiger partial charge in [0.05, 0.1) is 18.9 Å².